The van der Waals surface area contributed by atoms with Crippen molar-refractivity contribution in [3.8, 4) is 0 Å². The van der Waals surface area contributed by atoms with Gasteiger partial charge >= 0.3 is 0 Å². The van der Waals surface area contributed by atoms with Crippen molar-refractivity contribution in [3.05, 3.63) is 36.0 Å². The fourth-order valence-electron chi connectivity index (χ4n) is 3.91. The van der Waals surface area contributed by atoms with Gasteiger partial charge in [0.2, 0.25) is 0 Å². The van der Waals surface area contributed by atoms with Crippen molar-refractivity contribution >= 4 is 23.3 Å². The van der Waals surface area contributed by atoms with Crippen LogP contribution < -0.4 is 5.32 Å². The van der Waals surface area contributed by atoms with Crippen LogP contribution >= 0.6 is 12.4 Å². The standard InChI is InChI=1S/C18H25N3.ClH/c1-2-7-18-15(5-1)13-17-14-20(11-12-21(17)18)10-8-16-6-3-4-9-19-16;/h1-2,5,7,13,16,19H,3-4,6,8-12,14H2;1H. The van der Waals surface area contributed by atoms with Crippen LogP contribution in [-0.4, -0.2) is 35.1 Å². The Morgan fingerprint density at radius 1 is 1.14 bits per heavy atom. The van der Waals surface area contributed by atoms with Crippen molar-refractivity contribution in [1.82, 2.24) is 14.8 Å². The zero-order valence-corrected chi connectivity index (χ0v) is 13.9. The molecule has 1 unspecified atom stereocenters. The highest BCUT2D eigenvalue weighted by Gasteiger charge is 2.20. The molecule has 1 atom stereocenters. The average Bonchev–Trinajstić information content (AvgIpc) is 2.91. The van der Waals surface area contributed by atoms with E-state index in [-0.39, 0.29) is 12.4 Å². The fraction of sp³-hybridized carbons (Fsp3) is 0.556. The Morgan fingerprint density at radius 2 is 2.05 bits per heavy atom. The molecule has 1 saturated heterocycles. The van der Waals surface area contributed by atoms with Crippen LogP contribution in [0.15, 0.2) is 30.3 Å². The van der Waals surface area contributed by atoms with Gasteiger partial charge in [-0.3, -0.25) is 4.90 Å². The van der Waals surface area contributed by atoms with Crippen LogP contribution in [-0.2, 0) is 13.1 Å². The van der Waals surface area contributed by atoms with Gasteiger partial charge in [0.05, 0.1) is 0 Å². The van der Waals surface area contributed by atoms with Crippen molar-refractivity contribution in [2.24, 2.45) is 0 Å². The molecular formula is C18H26ClN3. The van der Waals surface area contributed by atoms with Crippen LogP contribution in [0.25, 0.3) is 10.9 Å². The van der Waals surface area contributed by atoms with E-state index in [1.165, 1.54) is 61.9 Å². The fourth-order valence-corrected chi connectivity index (χ4v) is 3.91. The molecule has 0 aliphatic carbocycles. The van der Waals surface area contributed by atoms with Crippen molar-refractivity contribution in [2.75, 3.05) is 19.6 Å². The third-order valence-corrected chi connectivity index (χ3v) is 5.13. The lowest BCUT2D eigenvalue weighted by molar-refractivity contribution is 0.206. The topological polar surface area (TPSA) is 20.2 Å². The number of nitrogens with zero attached hydrogens (tertiary/aromatic N) is 2. The van der Waals surface area contributed by atoms with E-state index in [1.54, 1.807) is 0 Å². The second-order valence-electron chi connectivity index (χ2n) is 6.56. The number of aromatic nitrogens is 1. The van der Waals surface area contributed by atoms with E-state index in [0.29, 0.717) is 0 Å². The van der Waals surface area contributed by atoms with Crippen LogP contribution in [0.2, 0.25) is 0 Å². The quantitative estimate of drug-likeness (QED) is 0.935. The number of piperidine rings is 1. The minimum absolute atomic E-state index is 0. The van der Waals surface area contributed by atoms with Gasteiger partial charge in [0.15, 0.2) is 0 Å². The van der Waals surface area contributed by atoms with E-state index in [2.05, 4.69) is 45.1 Å². The predicted molar refractivity (Wildman–Crippen MR) is 94.7 cm³/mol. The van der Waals surface area contributed by atoms with Gasteiger partial charge in [-0.1, -0.05) is 24.6 Å². The second-order valence-corrected chi connectivity index (χ2v) is 6.56. The van der Waals surface area contributed by atoms with Gasteiger partial charge in [-0.05, 0) is 43.3 Å². The maximum absolute atomic E-state index is 3.67. The van der Waals surface area contributed by atoms with Gasteiger partial charge in [0.1, 0.15) is 0 Å². The number of fused-ring (bicyclic) bond motifs is 3. The van der Waals surface area contributed by atoms with E-state index in [1.807, 2.05) is 0 Å². The van der Waals surface area contributed by atoms with Crippen molar-refractivity contribution in [1.29, 1.82) is 0 Å². The highest BCUT2D eigenvalue weighted by molar-refractivity contribution is 5.85. The Bertz CT molecular complexity index is 616. The molecule has 3 nitrogen and oxygen atoms in total. The third-order valence-electron chi connectivity index (χ3n) is 5.13. The summed E-state index contributed by atoms with van der Waals surface area (Å²) in [5.41, 5.74) is 2.89. The number of halogens is 1. The molecule has 0 spiro atoms. The van der Waals surface area contributed by atoms with Crippen LogP contribution in [0.4, 0.5) is 0 Å². The van der Waals surface area contributed by atoms with Gasteiger partial charge in [-0.25, -0.2) is 0 Å². The first-order valence-corrected chi connectivity index (χ1v) is 8.43. The highest BCUT2D eigenvalue weighted by atomic mass is 35.5. The summed E-state index contributed by atoms with van der Waals surface area (Å²) in [5.74, 6) is 0. The third kappa shape index (κ3) is 3.17. The Hall–Kier alpha value is -1.03. The molecule has 0 amide bonds. The Labute approximate surface area is 139 Å². The molecule has 3 heterocycles. The van der Waals surface area contributed by atoms with Crippen LogP contribution in [0.1, 0.15) is 31.4 Å². The lowest BCUT2D eigenvalue weighted by Gasteiger charge is -2.31. The molecule has 1 fully saturated rings. The zero-order chi connectivity index (χ0) is 14.1. The van der Waals surface area contributed by atoms with Gasteiger partial charge in [-0.15, -0.1) is 12.4 Å². The number of nitrogens with one attached hydrogen (secondary N) is 1. The lowest BCUT2D eigenvalue weighted by Crippen LogP contribution is -2.39. The summed E-state index contributed by atoms with van der Waals surface area (Å²) in [6.45, 7) is 5.90. The molecule has 1 aromatic carbocycles. The largest absolute Gasteiger partial charge is 0.342 e. The molecule has 0 saturated carbocycles. The van der Waals surface area contributed by atoms with Gasteiger partial charge in [0, 0.05) is 43.4 Å². The molecule has 1 N–H and O–H groups in total. The molecule has 1 aromatic heterocycles. The maximum atomic E-state index is 3.67. The number of hydrogen-bond donors (Lipinski definition) is 1. The average molecular weight is 320 g/mol. The number of benzene rings is 1. The first kappa shape index (κ1) is 15.9. The summed E-state index contributed by atoms with van der Waals surface area (Å²) in [7, 11) is 0. The summed E-state index contributed by atoms with van der Waals surface area (Å²) in [6.07, 6.45) is 5.44. The zero-order valence-electron chi connectivity index (χ0n) is 13.1. The Kier molecular flexibility index (Phi) is 5.07. The first-order valence-electron chi connectivity index (χ1n) is 8.43. The Morgan fingerprint density at radius 3 is 2.91 bits per heavy atom. The van der Waals surface area contributed by atoms with E-state index >= 15 is 0 Å². The van der Waals surface area contributed by atoms with Gasteiger partial charge < -0.3 is 9.88 Å². The molecule has 2 aromatic rings. The summed E-state index contributed by atoms with van der Waals surface area (Å²) < 4.78 is 2.50. The molecule has 0 radical (unpaired) electrons. The molecule has 2 aliphatic heterocycles. The number of hydrogen-bond acceptors (Lipinski definition) is 2. The van der Waals surface area contributed by atoms with Crippen LogP contribution in [0.3, 0.4) is 0 Å². The SMILES string of the molecule is Cl.c1ccc2c(c1)cc1n2CCN(CCC2CCCCN2)C1. The van der Waals surface area contributed by atoms with E-state index < -0.39 is 0 Å². The predicted octanol–water partition coefficient (Wildman–Crippen LogP) is 3.41. The lowest BCUT2D eigenvalue weighted by atomic mass is 10.0. The minimum atomic E-state index is 0. The molecule has 2 aliphatic rings. The van der Waals surface area contributed by atoms with E-state index in [4.69, 9.17) is 0 Å². The summed E-state index contributed by atoms with van der Waals surface area (Å²) in [6, 6.07) is 11.9. The van der Waals surface area contributed by atoms with Crippen molar-refractivity contribution in [2.45, 2.75) is 44.8 Å². The monoisotopic (exact) mass is 319 g/mol. The first-order chi connectivity index (χ1) is 10.4. The van der Waals surface area contributed by atoms with Crippen molar-refractivity contribution < 1.29 is 0 Å². The summed E-state index contributed by atoms with van der Waals surface area (Å²) in [5, 5.41) is 5.06. The molecule has 120 valence electrons. The summed E-state index contributed by atoms with van der Waals surface area (Å²) >= 11 is 0. The Balaban J connectivity index is 0.00000144. The second kappa shape index (κ2) is 7.03. The molecule has 22 heavy (non-hydrogen) atoms. The number of rotatable bonds is 3. The molecule has 0 bridgehead atoms. The van der Waals surface area contributed by atoms with Crippen molar-refractivity contribution in [3.63, 3.8) is 0 Å². The van der Waals surface area contributed by atoms with Crippen LogP contribution in [0, 0.1) is 0 Å². The maximum Gasteiger partial charge on any atom is 0.0483 e. The smallest absolute Gasteiger partial charge is 0.0483 e. The van der Waals surface area contributed by atoms with Gasteiger partial charge in [-0.2, -0.15) is 0 Å². The van der Waals surface area contributed by atoms with E-state index in [0.717, 1.165) is 19.1 Å². The molecule has 4 heteroatoms. The molecule has 4 rings (SSSR count). The minimum Gasteiger partial charge on any atom is -0.342 e. The number of para-hydroxylation sites is 1. The van der Waals surface area contributed by atoms with Crippen LogP contribution in [0.5, 0.6) is 0 Å². The highest BCUT2D eigenvalue weighted by Crippen LogP contribution is 2.24. The normalized spacial score (nSPS) is 22.3. The van der Waals surface area contributed by atoms with Gasteiger partial charge in [0.25, 0.3) is 0 Å². The summed E-state index contributed by atoms with van der Waals surface area (Å²) in [4.78, 5) is 2.63. The molecular weight excluding hydrogens is 294 g/mol. The van der Waals surface area contributed by atoms with E-state index in [9.17, 15) is 0 Å².